The Morgan fingerprint density at radius 2 is 1.85 bits per heavy atom. The highest BCUT2D eigenvalue weighted by atomic mass is 79.9. The number of carbonyl (C=O) groups excluding carboxylic acids is 1. The average molecular weight is 558 g/mol. The number of nitrogens with two attached hydrogens (primary N) is 1. The lowest BCUT2D eigenvalue weighted by molar-refractivity contribution is -0.126. The maximum Gasteiger partial charge on any atom is 0.245 e. The van der Waals surface area contributed by atoms with Crippen molar-refractivity contribution in [1.82, 2.24) is 9.21 Å². The smallest absolute Gasteiger partial charge is 0.245 e. The van der Waals surface area contributed by atoms with Gasteiger partial charge in [0.25, 0.3) is 0 Å². The van der Waals surface area contributed by atoms with Gasteiger partial charge in [0.05, 0.1) is 5.69 Å². The third kappa shape index (κ3) is 6.53. The van der Waals surface area contributed by atoms with Gasteiger partial charge in [0.1, 0.15) is 4.90 Å². The number of nitrogens with zero attached hydrogens (tertiary/aromatic N) is 3. The molecule has 0 aromatic heterocycles. The van der Waals surface area contributed by atoms with E-state index < -0.39 is 15.4 Å². The van der Waals surface area contributed by atoms with Gasteiger partial charge in [-0.15, -0.1) is 0 Å². The minimum absolute atomic E-state index is 0.288. The Morgan fingerprint density at radius 1 is 1.18 bits per heavy atom. The molecule has 2 heterocycles. The van der Waals surface area contributed by atoms with E-state index in [1.807, 2.05) is 26.0 Å². The number of rotatable bonds is 9. The number of benzene rings is 1. The molecule has 1 aromatic rings. The van der Waals surface area contributed by atoms with Crippen LogP contribution in [0.15, 0.2) is 27.6 Å². The van der Waals surface area contributed by atoms with Crippen LogP contribution in [0.4, 0.5) is 5.69 Å². The summed E-state index contributed by atoms with van der Waals surface area (Å²) in [7, 11) is -1.48. The van der Waals surface area contributed by atoms with E-state index in [9.17, 15) is 13.2 Å². The monoisotopic (exact) mass is 556 g/mol. The van der Waals surface area contributed by atoms with Gasteiger partial charge in [-0.2, -0.15) is 4.31 Å². The SMILES string of the molecule is CCN(C)CC1CCN(S(=O)(=O)c2ccc(Br)cc2N2CCCC(CC(C)(C)C(N)=O)C2)CC1. The zero-order valence-electron chi connectivity index (χ0n) is 21.1. The van der Waals surface area contributed by atoms with Gasteiger partial charge in [-0.25, -0.2) is 8.42 Å². The molecular weight excluding hydrogens is 516 g/mol. The lowest BCUT2D eigenvalue weighted by Crippen LogP contribution is -2.43. The van der Waals surface area contributed by atoms with Gasteiger partial charge in [-0.1, -0.05) is 36.7 Å². The van der Waals surface area contributed by atoms with Crippen LogP contribution in [-0.4, -0.2) is 69.8 Å². The van der Waals surface area contributed by atoms with Crippen molar-refractivity contribution in [2.45, 2.75) is 57.8 Å². The van der Waals surface area contributed by atoms with E-state index in [4.69, 9.17) is 5.73 Å². The largest absolute Gasteiger partial charge is 0.370 e. The van der Waals surface area contributed by atoms with Crippen molar-refractivity contribution in [3.05, 3.63) is 22.7 Å². The molecule has 2 fully saturated rings. The number of halogens is 1. The molecule has 0 radical (unpaired) electrons. The molecule has 0 aliphatic carbocycles. The van der Waals surface area contributed by atoms with Crippen LogP contribution in [0.5, 0.6) is 0 Å². The molecular formula is C25H41BrN4O3S. The maximum absolute atomic E-state index is 13.8. The van der Waals surface area contributed by atoms with Crippen molar-refractivity contribution in [3.8, 4) is 0 Å². The van der Waals surface area contributed by atoms with E-state index in [1.165, 1.54) is 0 Å². The molecule has 9 heteroatoms. The first-order chi connectivity index (χ1) is 15.9. The van der Waals surface area contributed by atoms with Crippen LogP contribution in [0.25, 0.3) is 0 Å². The molecule has 2 aliphatic heterocycles. The summed E-state index contributed by atoms with van der Waals surface area (Å²) >= 11 is 3.55. The van der Waals surface area contributed by atoms with Gasteiger partial charge in [0, 0.05) is 42.6 Å². The van der Waals surface area contributed by atoms with E-state index in [2.05, 4.69) is 39.7 Å². The average Bonchev–Trinajstić information content (AvgIpc) is 2.79. The molecule has 0 spiro atoms. The summed E-state index contributed by atoms with van der Waals surface area (Å²) in [4.78, 5) is 16.7. The summed E-state index contributed by atoms with van der Waals surface area (Å²) in [5.41, 5.74) is 5.79. The zero-order valence-corrected chi connectivity index (χ0v) is 23.5. The van der Waals surface area contributed by atoms with Gasteiger partial charge in [-0.3, -0.25) is 4.79 Å². The first-order valence-electron chi connectivity index (χ1n) is 12.5. The van der Waals surface area contributed by atoms with E-state index >= 15 is 0 Å². The summed E-state index contributed by atoms with van der Waals surface area (Å²) < 4.78 is 30.0. The van der Waals surface area contributed by atoms with Crippen LogP contribution in [0.1, 0.15) is 52.9 Å². The number of piperidine rings is 2. The van der Waals surface area contributed by atoms with E-state index in [0.29, 0.717) is 30.3 Å². The Labute approximate surface area is 214 Å². The Morgan fingerprint density at radius 3 is 2.47 bits per heavy atom. The number of anilines is 1. The predicted molar refractivity (Wildman–Crippen MR) is 141 cm³/mol. The van der Waals surface area contributed by atoms with E-state index in [-0.39, 0.29) is 11.8 Å². The molecule has 0 saturated carbocycles. The van der Waals surface area contributed by atoms with Gasteiger partial charge in [-0.05, 0) is 75.7 Å². The van der Waals surface area contributed by atoms with Crippen molar-refractivity contribution in [2.24, 2.45) is 23.0 Å². The fourth-order valence-corrected chi connectivity index (χ4v) is 7.28. The van der Waals surface area contributed by atoms with Gasteiger partial charge >= 0.3 is 0 Å². The molecule has 0 bridgehead atoms. The third-order valence-electron chi connectivity index (χ3n) is 7.55. The molecule has 1 atom stereocenters. The number of sulfonamides is 1. The number of hydrogen-bond donors (Lipinski definition) is 1. The van der Waals surface area contributed by atoms with Crippen LogP contribution in [0.3, 0.4) is 0 Å². The Balaban J connectivity index is 1.79. The molecule has 2 saturated heterocycles. The molecule has 7 nitrogen and oxygen atoms in total. The fourth-order valence-electron chi connectivity index (χ4n) is 5.27. The molecule has 34 heavy (non-hydrogen) atoms. The Hall–Kier alpha value is -1.16. The first-order valence-corrected chi connectivity index (χ1v) is 14.7. The number of carbonyl (C=O) groups is 1. The van der Waals surface area contributed by atoms with Crippen molar-refractivity contribution in [3.63, 3.8) is 0 Å². The van der Waals surface area contributed by atoms with Crippen LogP contribution < -0.4 is 10.6 Å². The molecule has 192 valence electrons. The van der Waals surface area contributed by atoms with Crippen molar-refractivity contribution in [1.29, 1.82) is 0 Å². The summed E-state index contributed by atoms with van der Waals surface area (Å²) in [5.74, 6) is 0.540. The second kappa shape index (κ2) is 11.3. The first kappa shape index (κ1) is 27.4. The molecule has 2 aliphatic rings. The minimum Gasteiger partial charge on any atom is -0.370 e. The molecule has 1 aromatic carbocycles. The fraction of sp³-hybridized carbons (Fsp3) is 0.720. The van der Waals surface area contributed by atoms with Crippen molar-refractivity contribution < 1.29 is 13.2 Å². The van der Waals surface area contributed by atoms with E-state index in [1.54, 1.807) is 10.4 Å². The highest BCUT2D eigenvalue weighted by Crippen LogP contribution is 2.37. The van der Waals surface area contributed by atoms with Gasteiger partial charge < -0.3 is 15.5 Å². The number of primary amides is 1. The summed E-state index contributed by atoms with van der Waals surface area (Å²) in [6.45, 7) is 10.6. The minimum atomic E-state index is -3.60. The standard InChI is InChI=1S/C25H41BrN4O3S/c1-5-28(4)17-19-10-13-30(14-11-19)34(32,33)23-9-8-21(26)15-22(23)29-12-6-7-20(18-29)16-25(2,3)24(27)31/h8-9,15,19-20H,5-7,10-14,16-18H2,1-4H3,(H2,27,31). The highest BCUT2D eigenvalue weighted by molar-refractivity contribution is 9.10. The summed E-state index contributed by atoms with van der Waals surface area (Å²) in [6.07, 6.45) is 4.46. The van der Waals surface area contributed by atoms with Crippen molar-refractivity contribution in [2.75, 3.05) is 51.2 Å². The zero-order chi connectivity index (χ0) is 25.1. The van der Waals surface area contributed by atoms with Crippen LogP contribution in [-0.2, 0) is 14.8 Å². The topological polar surface area (TPSA) is 87.0 Å². The Bertz CT molecular complexity index is 961. The van der Waals surface area contributed by atoms with Crippen LogP contribution >= 0.6 is 15.9 Å². The molecule has 3 rings (SSSR count). The van der Waals surface area contributed by atoms with Gasteiger partial charge in [0.15, 0.2) is 0 Å². The van der Waals surface area contributed by atoms with E-state index in [0.717, 1.165) is 62.0 Å². The second-order valence-electron chi connectivity index (χ2n) is 10.7. The lowest BCUT2D eigenvalue weighted by atomic mass is 9.79. The molecule has 2 N–H and O–H groups in total. The second-order valence-corrected chi connectivity index (χ2v) is 13.5. The third-order valence-corrected chi connectivity index (χ3v) is 9.99. The number of hydrogen-bond acceptors (Lipinski definition) is 5. The quantitative estimate of drug-likeness (QED) is 0.498. The van der Waals surface area contributed by atoms with Crippen LogP contribution in [0, 0.1) is 17.3 Å². The van der Waals surface area contributed by atoms with Crippen LogP contribution in [0.2, 0.25) is 0 Å². The summed E-state index contributed by atoms with van der Waals surface area (Å²) in [5, 5.41) is 0. The number of amides is 1. The highest BCUT2D eigenvalue weighted by Gasteiger charge is 2.35. The maximum atomic E-state index is 13.8. The molecule has 1 unspecified atom stereocenters. The van der Waals surface area contributed by atoms with Gasteiger partial charge in [0.2, 0.25) is 15.9 Å². The van der Waals surface area contributed by atoms with Crippen molar-refractivity contribution >= 4 is 37.5 Å². The lowest BCUT2D eigenvalue weighted by Gasteiger charge is -2.39. The normalized spacial score (nSPS) is 21.2. The predicted octanol–water partition coefficient (Wildman–Crippen LogP) is 3.92. The summed E-state index contributed by atoms with van der Waals surface area (Å²) in [6, 6.07) is 5.48. The molecule has 1 amide bonds. The Kier molecular flexibility index (Phi) is 9.09.